The van der Waals surface area contributed by atoms with Crippen LogP contribution in [0.1, 0.15) is 23.0 Å². The maximum Gasteiger partial charge on any atom is 0.302 e. The Morgan fingerprint density at radius 2 is 1.92 bits per heavy atom. The van der Waals surface area contributed by atoms with Gasteiger partial charge in [-0.2, -0.15) is 0 Å². The van der Waals surface area contributed by atoms with Gasteiger partial charge in [-0.05, 0) is 35.9 Å². The molecule has 2 rings (SSSR count). The Labute approximate surface area is 158 Å². The van der Waals surface area contributed by atoms with Gasteiger partial charge in [0.05, 0.1) is 12.8 Å². The summed E-state index contributed by atoms with van der Waals surface area (Å²) in [5, 5.41) is 5.11. The first-order chi connectivity index (χ1) is 12.5. The maximum absolute atomic E-state index is 12.4. The molecule has 0 radical (unpaired) electrons. The fraction of sp³-hybridized carbons (Fsp3) is 0.167. The number of esters is 1. The van der Waals surface area contributed by atoms with E-state index in [1.165, 1.54) is 25.3 Å². The van der Waals surface area contributed by atoms with E-state index >= 15 is 0 Å². The quantitative estimate of drug-likeness (QED) is 0.407. The maximum atomic E-state index is 12.4. The SMILES string of the molecule is CC(=O)OCCNC(=O)C(=Cc1ccc(Br)cc1)NC(=O)c1ccco1. The number of carbonyl (C=O) groups excluding carboxylic acids is 3. The topological polar surface area (TPSA) is 97.6 Å². The Balaban J connectivity index is 2.12. The summed E-state index contributed by atoms with van der Waals surface area (Å²) in [5.41, 5.74) is 0.759. The number of carbonyl (C=O) groups is 3. The van der Waals surface area contributed by atoms with Crippen molar-refractivity contribution in [2.75, 3.05) is 13.2 Å². The molecule has 0 saturated carbocycles. The molecule has 136 valence electrons. The highest BCUT2D eigenvalue weighted by atomic mass is 79.9. The van der Waals surface area contributed by atoms with Crippen LogP contribution in [0, 0.1) is 0 Å². The van der Waals surface area contributed by atoms with Crippen LogP contribution >= 0.6 is 15.9 Å². The molecule has 0 unspecified atom stereocenters. The number of nitrogens with one attached hydrogen (secondary N) is 2. The Morgan fingerprint density at radius 1 is 1.19 bits per heavy atom. The van der Waals surface area contributed by atoms with Crippen LogP contribution in [-0.2, 0) is 14.3 Å². The van der Waals surface area contributed by atoms with Crippen LogP contribution in [0.25, 0.3) is 6.08 Å². The molecule has 0 fully saturated rings. The fourth-order valence-corrected chi connectivity index (χ4v) is 2.19. The van der Waals surface area contributed by atoms with Crippen LogP contribution in [0.3, 0.4) is 0 Å². The Kier molecular flexibility index (Phi) is 7.16. The average molecular weight is 421 g/mol. The van der Waals surface area contributed by atoms with Gasteiger partial charge in [-0.1, -0.05) is 28.1 Å². The molecular weight excluding hydrogens is 404 g/mol. The third-order valence-corrected chi connectivity index (χ3v) is 3.64. The Morgan fingerprint density at radius 3 is 2.54 bits per heavy atom. The van der Waals surface area contributed by atoms with E-state index in [1.807, 2.05) is 12.1 Å². The van der Waals surface area contributed by atoms with E-state index in [0.29, 0.717) is 0 Å². The minimum Gasteiger partial charge on any atom is -0.464 e. The van der Waals surface area contributed by atoms with E-state index in [9.17, 15) is 14.4 Å². The van der Waals surface area contributed by atoms with Gasteiger partial charge in [0.2, 0.25) is 0 Å². The molecule has 1 aromatic carbocycles. The van der Waals surface area contributed by atoms with Crippen LogP contribution in [0.15, 0.2) is 57.2 Å². The van der Waals surface area contributed by atoms with E-state index < -0.39 is 17.8 Å². The van der Waals surface area contributed by atoms with Gasteiger partial charge in [0.15, 0.2) is 5.76 Å². The van der Waals surface area contributed by atoms with Gasteiger partial charge in [0.1, 0.15) is 12.3 Å². The lowest BCUT2D eigenvalue weighted by molar-refractivity contribution is -0.141. The van der Waals surface area contributed by atoms with Gasteiger partial charge < -0.3 is 19.8 Å². The van der Waals surface area contributed by atoms with E-state index in [2.05, 4.69) is 26.6 Å². The van der Waals surface area contributed by atoms with Gasteiger partial charge in [-0.25, -0.2) is 0 Å². The van der Waals surface area contributed by atoms with Crippen LogP contribution in [-0.4, -0.2) is 30.9 Å². The lowest BCUT2D eigenvalue weighted by atomic mass is 10.2. The minimum atomic E-state index is -0.548. The summed E-state index contributed by atoms with van der Waals surface area (Å²) in [6.07, 6.45) is 2.90. The van der Waals surface area contributed by atoms with Crippen molar-refractivity contribution in [3.05, 3.63) is 64.2 Å². The van der Waals surface area contributed by atoms with Crippen LogP contribution in [0.2, 0.25) is 0 Å². The highest BCUT2D eigenvalue weighted by Crippen LogP contribution is 2.13. The van der Waals surface area contributed by atoms with Crippen LogP contribution in [0.5, 0.6) is 0 Å². The number of rotatable bonds is 7. The number of benzene rings is 1. The predicted molar refractivity (Wildman–Crippen MR) is 97.9 cm³/mol. The molecule has 0 aliphatic rings. The molecular formula is C18H17BrN2O5. The third-order valence-electron chi connectivity index (χ3n) is 3.11. The number of ether oxygens (including phenoxy) is 1. The molecule has 0 atom stereocenters. The van der Waals surface area contributed by atoms with E-state index in [0.717, 1.165) is 10.0 Å². The molecule has 1 aromatic heterocycles. The van der Waals surface area contributed by atoms with Crippen molar-refractivity contribution in [3.8, 4) is 0 Å². The largest absolute Gasteiger partial charge is 0.464 e. The summed E-state index contributed by atoms with van der Waals surface area (Å²) in [6, 6.07) is 10.3. The molecule has 7 nitrogen and oxygen atoms in total. The standard InChI is InChI=1S/C18H17BrN2O5/c1-12(22)25-10-8-20-17(23)15(11-13-4-6-14(19)7-5-13)21-18(24)16-3-2-9-26-16/h2-7,9,11H,8,10H2,1H3,(H,20,23)(H,21,24). The second kappa shape index (κ2) is 9.57. The van der Waals surface area contributed by atoms with Gasteiger partial charge in [0, 0.05) is 11.4 Å². The van der Waals surface area contributed by atoms with Gasteiger partial charge in [-0.3, -0.25) is 14.4 Å². The van der Waals surface area contributed by atoms with Gasteiger partial charge >= 0.3 is 5.97 Å². The zero-order valence-electron chi connectivity index (χ0n) is 14.0. The predicted octanol–water partition coefficient (Wildman–Crippen LogP) is 2.49. The molecule has 0 bridgehead atoms. The van der Waals surface area contributed by atoms with E-state index in [1.54, 1.807) is 18.2 Å². The molecule has 8 heteroatoms. The zero-order valence-corrected chi connectivity index (χ0v) is 15.5. The average Bonchev–Trinajstić information content (AvgIpc) is 3.14. The van der Waals surface area contributed by atoms with Crippen LogP contribution < -0.4 is 10.6 Å². The molecule has 0 aliphatic carbocycles. The highest BCUT2D eigenvalue weighted by molar-refractivity contribution is 9.10. The molecule has 2 amide bonds. The first-order valence-corrected chi connectivity index (χ1v) is 8.48. The zero-order chi connectivity index (χ0) is 18.9. The smallest absolute Gasteiger partial charge is 0.302 e. The molecule has 26 heavy (non-hydrogen) atoms. The summed E-state index contributed by atoms with van der Waals surface area (Å²) in [4.78, 5) is 35.3. The number of amides is 2. The summed E-state index contributed by atoms with van der Waals surface area (Å²) in [7, 11) is 0. The minimum absolute atomic E-state index is 0.0385. The lowest BCUT2D eigenvalue weighted by Crippen LogP contribution is -2.36. The van der Waals surface area contributed by atoms with E-state index in [-0.39, 0.29) is 24.6 Å². The van der Waals surface area contributed by atoms with Gasteiger partial charge in [0.25, 0.3) is 11.8 Å². The Bertz CT molecular complexity index is 797. The van der Waals surface area contributed by atoms with Gasteiger partial charge in [-0.15, -0.1) is 0 Å². The normalized spacial score (nSPS) is 10.9. The first-order valence-electron chi connectivity index (χ1n) is 7.69. The first kappa shape index (κ1) is 19.5. The fourth-order valence-electron chi connectivity index (χ4n) is 1.93. The van der Waals surface area contributed by atoms with Crippen molar-refractivity contribution >= 4 is 39.8 Å². The highest BCUT2D eigenvalue weighted by Gasteiger charge is 2.16. The monoisotopic (exact) mass is 420 g/mol. The molecule has 0 spiro atoms. The van der Waals surface area contributed by atoms with Crippen molar-refractivity contribution in [2.45, 2.75) is 6.92 Å². The van der Waals surface area contributed by atoms with Crippen molar-refractivity contribution in [3.63, 3.8) is 0 Å². The number of hydrogen-bond acceptors (Lipinski definition) is 5. The summed E-state index contributed by atoms with van der Waals surface area (Å²) >= 11 is 3.34. The summed E-state index contributed by atoms with van der Waals surface area (Å²) in [6.45, 7) is 1.44. The van der Waals surface area contributed by atoms with Crippen molar-refractivity contribution in [1.82, 2.24) is 10.6 Å². The number of hydrogen-bond donors (Lipinski definition) is 2. The third kappa shape index (κ3) is 6.21. The second-order valence-electron chi connectivity index (χ2n) is 5.14. The number of halogens is 1. The molecule has 1 heterocycles. The van der Waals surface area contributed by atoms with E-state index in [4.69, 9.17) is 9.15 Å². The lowest BCUT2D eigenvalue weighted by Gasteiger charge is -2.10. The Hall–Kier alpha value is -2.87. The van der Waals surface area contributed by atoms with Crippen molar-refractivity contribution in [2.24, 2.45) is 0 Å². The molecule has 0 aliphatic heterocycles. The summed E-state index contributed by atoms with van der Waals surface area (Å²) < 4.78 is 10.7. The number of furan rings is 1. The second-order valence-corrected chi connectivity index (χ2v) is 6.05. The van der Waals surface area contributed by atoms with Crippen molar-refractivity contribution < 1.29 is 23.5 Å². The summed E-state index contributed by atoms with van der Waals surface area (Å²) in [5.74, 6) is -1.41. The molecule has 2 aromatic rings. The molecule has 2 N–H and O–H groups in total. The molecule has 0 saturated heterocycles. The van der Waals surface area contributed by atoms with Crippen LogP contribution in [0.4, 0.5) is 0 Å². The van der Waals surface area contributed by atoms with Crippen molar-refractivity contribution in [1.29, 1.82) is 0 Å².